The Hall–Kier alpha value is -3.82. The fourth-order valence-electron chi connectivity index (χ4n) is 3.06. The predicted molar refractivity (Wildman–Crippen MR) is 127 cm³/mol. The van der Waals surface area contributed by atoms with Gasteiger partial charge in [-0.05, 0) is 48.2 Å². The second kappa shape index (κ2) is 8.74. The van der Waals surface area contributed by atoms with E-state index in [0.29, 0.717) is 16.2 Å². The van der Waals surface area contributed by atoms with Gasteiger partial charge in [0, 0.05) is 11.8 Å². The summed E-state index contributed by atoms with van der Waals surface area (Å²) in [4.78, 5) is 34.7. The Kier molecular flexibility index (Phi) is 5.49. The zero-order valence-electron chi connectivity index (χ0n) is 16.5. The average molecular weight is 458 g/mol. The van der Waals surface area contributed by atoms with Gasteiger partial charge in [0.05, 0.1) is 22.0 Å². The summed E-state index contributed by atoms with van der Waals surface area (Å²) in [7, 11) is 0. The molecule has 0 aliphatic heterocycles. The van der Waals surface area contributed by atoms with Crippen LogP contribution in [-0.2, 0) is 0 Å². The summed E-state index contributed by atoms with van der Waals surface area (Å²) < 4.78 is 3.27. The summed E-state index contributed by atoms with van der Waals surface area (Å²) in [5.74, 6) is -0.365. The molecule has 0 unspecified atom stereocenters. The molecule has 7 nitrogen and oxygen atoms in total. The number of nitrogens with one attached hydrogen (secondary N) is 1. The maximum absolute atomic E-state index is 13.1. The first-order valence-corrected chi connectivity index (χ1v) is 11.3. The molecule has 156 valence electrons. The molecule has 5 aromatic rings. The van der Waals surface area contributed by atoms with Crippen molar-refractivity contribution >= 4 is 51.1 Å². The third kappa shape index (κ3) is 4.03. The number of pyridine rings is 1. The van der Waals surface area contributed by atoms with Crippen molar-refractivity contribution in [1.82, 2.24) is 19.8 Å². The SMILES string of the molecule is O=C(N/N=C/c1c(Sc2nc3ccccc3s2)nc2ccccn2c1=O)c1ccccc1. The number of carbonyl (C=O) groups excluding carboxylic acids is 1. The van der Waals surface area contributed by atoms with Gasteiger partial charge in [0.1, 0.15) is 10.7 Å². The Morgan fingerprint density at radius 2 is 1.78 bits per heavy atom. The molecule has 0 aliphatic carbocycles. The number of rotatable bonds is 5. The summed E-state index contributed by atoms with van der Waals surface area (Å²) in [6.07, 6.45) is 2.99. The van der Waals surface area contributed by atoms with Crippen LogP contribution in [0.5, 0.6) is 0 Å². The van der Waals surface area contributed by atoms with Gasteiger partial charge in [-0.25, -0.2) is 15.4 Å². The third-order valence-corrected chi connectivity index (χ3v) is 6.69. The summed E-state index contributed by atoms with van der Waals surface area (Å²) in [6.45, 7) is 0. The maximum atomic E-state index is 13.1. The molecule has 9 heteroatoms. The van der Waals surface area contributed by atoms with Gasteiger partial charge in [0.15, 0.2) is 4.34 Å². The number of carbonyl (C=O) groups is 1. The number of hydrogen-bond acceptors (Lipinski definition) is 7. The van der Waals surface area contributed by atoms with Crippen molar-refractivity contribution < 1.29 is 4.79 Å². The predicted octanol–water partition coefficient (Wildman–Crippen LogP) is 4.22. The van der Waals surface area contributed by atoms with E-state index in [2.05, 4.69) is 20.5 Å². The molecule has 0 radical (unpaired) electrons. The van der Waals surface area contributed by atoms with Gasteiger partial charge in [-0.2, -0.15) is 5.10 Å². The van der Waals surface area contributed by atoms with Crippen molar-refractivity contribution in [3.8, 4) is 0 Å². The lowest BCUT2D eigenvalue weighted by molar-refractivity contribution is 0.0955. The Morgan fingerprint density at radius 1 is 1.00 bits per heavy atom. The molecule has 0 atom stereocenters. The van der Waals surface area contributed by atoms with Gasteiger partial charge < -0.3 is 0 Å². The number of aromatic nitrogens is 3. The zero-order chi connectivity index (χ0) is 21.9. The lowest BCUT2D eigenvalue weighted by Crippen LogP contribution is -2.22. The highest BCUT2D eigenvalue weighted by Gasteiger charge is 2.15. The van der Waals surface area contributed by atoms with Gasteiger partial charge in [0.25, 0.3) is 11.5 Å². The quantitative estimate of drug-likeness (QED) is 0.243. The van der Waals surface area contributed by atoms with E-state index >= 15 is 0 Å². The fourth-order valence-corrected chi connectivity index (χ4v) is 5.13. The van der Waals surface area contributed by atoms with Crippen molar-refractivity contribution in [1.29, 1.82) is 0 Å². The monoisotopic (exact) mass is 457 g/mol. The maximum Gasteiger partial charge on any atom is 0.271 e. The summed E-state index contributed by atoms with van der Waals surface area (Å²) >= 11 is 2.83. The van der Waals surface area contributed by atoms with Crippen LogP contribution in [0.25, 0.3) is 15.9 Å². The number of benzene rings is 2. The molecule has 0 saturated heterocycles. The standard InChI is InChI=1S/C23H15N5O2S2/c29-20(15-8-2-1-3-9-15)27-24-14-16-21(26-19-12-6-7-13-28(19)22(16)30)32-23-25-17-10-4-5-11-18(17)31-23/h1-14H,(H,27,29)/b24-14+. The van der Waals surface area contributed by atoms with Gasteiger partial charge in [-0.15, -0.1) is 11.3 Å². The Bertz CT molecular complexity index is 1490. The second-order valence-electron chi connectivity index (χ2n) is 6.68. The molecule has 0 spiro atoms. The minimum Gasteiger partial charge on any atom is -0.268 e. The normalized spacial score (nSPS) is 11.4. The first-order valence-electron chi connectivity index (χ1n) is 9.62. The van der Waals surface area contributed by atoms with Crippen LogP contribution in [0, 0.1) is 0 Å². The van der Waals surface area contributed by atoms with Crippen molar-refractivity contribution in [2.24, 2.45) is 5.10 Å². The third-order valence-electron chi connectivity index (χ3n) is 4.59. The smallest absolute Gasteiger partial charge is 0.268 e. The molecular formula is C23H15N5O2S2. The highest BCUT2D eigenvalue weighted by Crippen LogP contribution is 2.34. The number of fused-ring (bicyclic) bond motifs is 2. The second-order valence-corrected chi connectivity index (χ2v) is 8.95. The molecule has 0 bridgehead atoms. The molecule has 0 fully saturated rings. The van der Waals surface area contributed by atoms with Gasteiger partial charge in [-0.1, -0.05) is 36.4 Å². The number of amides is 1. The minimum absolute atomic E-state index is 0.270. The summed E-state index contributed by atoms with van der Waals surface area (Å²) in [5.41, 5.74) is 4.34. The molecule has 5 rings (SSSR count). The molecule has 1 amide bonds. The molecule has 3 aromatic heterocycles. The Balaban J connectivity index is 1.51. The van der Waals surface area contributed by atoms with Crippen LogP contribution in [0.1, 0.15) is 15.9 Å². The van der Waals surface area contributed by atoms with E-state index in [0.717, 1.165) is 14.6 Å². The zero-order valence-corrected chi connectivity index (χ0v) is 18.1. The van der Waals surface area contributed by atoms with Crippen molar-refractivity contribution in [3.05, 3.63) is 100 Å². The van der Waals surface area contributed by atoms with E-state index in [1.165, 1.54) is 33.7 Å². The Labute approximate surface area is 190 Å². The van der Waals surface area contributed by atoms with E-state index in [1.807, 2.05) is 36.4 Å². The number of thiazole rings is 1. The lowest BCUT2D eigenvalue weighted by atomic mass is 10.2. The summed E-state index contributed by atoms with van der Waals surface area (Å²) in [5, 5.41) is 4.49. The van der Waals surface area contributed by atoms with E-state index < -0.39 is 0 Å². The van der Waals surface area contributed by atoms with Crippen molar-refractivity contribution in [2.75, 3.05) is 0 Å². The number of hydrazone groups is 1. The minimum atomic E-state index is -0.365. The number of para-hydroxylation sites is 1. The molecule has 0 aliphatic rings. The van der Waals surface area contributed by atoms with E-state index in [1.54, 1.807) is 42.6 Å². The largest absolute Gasteiger partial charge is 0.271 e. The van der Waals surface area contributed by atoms with Crippen molar-refractivity contribution in [3.63, 3.8) is 0 Å². The van der Waals surface area contributed by atoms with E-state index in [4.69, 9.17) is 0 Å². The molecule has 2 aromatic carbocycles. The lowest BCUT2D eigenvalue weighted by Gasteiger charge is -2.06. The van der Waals surface area contributed by atoms with E-state index in [9.17, 15) is 9.59 Å². The van der Waals surface area contributed by atoms with Crippen LogP contribution in [-0.4, -0.2) is 26.5 Å². The van der Waals surface area contributed by atoms with Crippen LogP contribution >= 0.6 is 23.1 Å². The first-order chi connectivity index (χ1) is 15.7. The van der Waals surface area contributed by atoms with Gasteiger partial charge >= 0.3 is 0 Å². The van der Waals surface area contributed by atoms with Crippen LogP contribution in [0.3, 0.4) is 0 Å². The topological polar surface area (TPSA) is 88.7 Å². The Morgan fingerprint density at radius 3 is 2.62 bits per heavy atom. The summed E-state index contributed by atoms with van der Waals surface area (Å²) in [6, 6.07) is 21.9. The fraction of sp³-hybridized carbons (Fsp3) is 0. The van der Waals surface area contributed by atoms with E-state index in [-0.39, 0.29) is 17.0 Å². The molecular weight excluding hydrogens is 442 g/mol. The number of hydrogen-bond donors (Lipinski definition) is 1. The van der Waals surface area contributed by atoms with Gasteiger partial charge in [0.2, 0.25) is 0 Å². The highest BCUT2D eigenvalue weighted by molar-refractivity contribution is 8.01. The molecule has 1 N–H and O–H groups in total. The van der Waals surface area contributed by atoms with Crippen LogP contribution in [0.2, 0.25) is 0 Å². The highest BCUT2D eigenvalue weighted by atomic mass is 32.2. The van der Waals surface area contributed by atoms with Crippen LogP contribution in [0.4, 0.5) is 0 Å². The van der Waals surface area contributed by atoms with Crippen molar-refractivity contribution in [2.45, 2.75) is 9.37 Å². The molecule has 32 heavy (non-hydrogen) atoms. The van der Waals surface area contributed by atoms with Crippen LogP contribution < -0.4 is 11.0 Å². The number of nitrogens with zero attached hydrogens (tertiary/aromatic N) is 4. The van der Waals surface area contributed by atoms with Crippen LogP contribution in [0.15, 0.2) is 98.3 Å². The van der Waals surface area contributed by atoms with Gasteiger partial charge in [-0.3, -0.25) is 14.0 Å². The average Bonchev–Trinajstić information content (AvgIpc) is 3.24. The molecule has 0 saturated carbocycles. The first kappa shape index (κ1) is 20.1. The molecule has 3 heterocycles.